The topological polar surface area (TPSA) is 109 Å². The fourth-order valence-electron chi connectivity index (χ4n) is 4.80. The third-order valence-corrected chi connectivity index (χ3v) is 6.89. The highest BCUT2D eigenvalue weighted by molar-refractivity contribution is 5.89. The molecule has 4 rings (SSSR count). The fourth-order valence-corrected chi connectivity index (χ4v) is 4.80. The Morgan fingerprint density at radius 3 is 1.93 bits per heavy atom. The molecule has 0 aromatic heterocycles. The highest BCUT2D eigenvalue weighted by Gasteiger charge is 2.45. The molecule has 0 saturated carbocycles. The number of hydrogen-bond donors (Lipinski definition) is 3. The molecule has 3 N–H and O–H groups in total. The van der Waals surface area contributed by atoms with Gasteiger partial charge in [0.05, 0.1) is 18.7 Å². The Bertz CT molecular complexity index is 1250. The van der Waals surface area contributed by atoms with Crippen molar-refractivity contribution >= 4 is 17.9 Å². The number of rotatable bonds is 14. The van der Waals surface area contributed by atoms with E-state index in [0.29, 0.717) is 12.3 Å². The van der Waals surface area contributed by atoms with Crippen LogP contribution in [0.2, 0.25) is 0 Å². The zero-order valence-corrected chi connectivity index (χ0v) is 23.6. The second-order valence-corrected chi connectivity index (χ2v) is 10.8. The third kappa shape index (κ3) is 10.1. The van der Waals surface area contributed by atoms with Crippen molar-refractivity contribution in [2.24, 2.45) is 5.92 Å². The van der Waals surface area contributed by atoms with Crippen molar-refractivity contribution in [3.63, 3.8) is 0 Å². The van der Waals surface area contributed by atoms with Gasteiger partial charge >= 0.3 is 6.09 Å². The Kier molecular flexibility index (Phi) is 10.9. The van der Waals surface area contributed by atoms with E-state index in [9.17, 15) is 14.4 Å². The minimum atomic E-state index is -0.921. The summed E-state index contributed by atoms with van der Waals surface area (Å²) in [5, 5.41) is 8.42. The fraction of sp³-hybridized carbons (Fsp3) is 0.364. The summed E-state index contributed by atoms with van der Waals surface area (Å²) < 4.78 is 11.3. The van der Waals surface area contributed by atoms with Crippen molar-refractivity contribution in [2.45, 2.75) is 64.0 Å². The van der Waals surface area contributed by atoms with Gasteiger partial charge in [0.2, 0.25) is 11.8 Å². The Balaban J connectivity index is 1.33. The standard InChI is InChI=1S/C33H39N3O5/c1-23(2)18-29-31(41-29)27(19-24-12-6-3-7-13-24)35-30(37)21-34-32(38)28(20-25-14-8-4-9-15-25)36-33(39)40-22-26-16-10-5-11-17-26/h3-17,23,27-29,31H,18-22H2,1-2H3,(H,34,38)(H,35,37)(H,36,39)/t27-,28-,29-,31+/m0/s1. The Hall–Kier alpha value is -4.17. The predicted molar refractivity (Wildman–Crippen MR) is 157 cm³/mol. The van der Waals surface area contributed by atoms with E-state index in [1.165, 1.54) is 0 Å². The maximum atomic E-state index is 13.2. The number of benzene rings is 3. The van der Waals surface area contributed by atoms with Crippen LogP contribution in [0.3, 0.4) is 0 Å². The second kappa shape index (κ2) is 15.0. The summed E-state index contributed by atoms with van der Waals surface area (Å²) in [6.45, 7) is 4.16. The Labute approximate surface area is 241 Å². The summed E-state index contributed by atoms with van der Waals surface area (Å²) in [7, 11) is 0. The molecule has 3 aromatic rings. The van der Waals surface area contributed by atoms with Crippen LogP contribution in [0.5, 0.6) is 0 Å². The van der Waals surface area contributed by atoms with Crippen LogP contribution in [0.25, 0.3) is 0 Å². The lowest BCUT2D eigenvalue weighted by Crippen LogP contribution is -2.51. The molecule has 1 heterocycles. The molecule has 8 nitrogen and oxygen atoms in total. The third-order valence-electron chi connectivity index (χ3n) is 6.89. The number of epoxide rings is 1. The molecule has 1 aliphatic heterocycles. The molecular formula is C33H39N3O5. The van der Waals surface area contributed by atoms with Crippen molar-refractivity contribution in [3.05, 3.63) is 108 Å². The highest BCUT2D eigenvalue weighted by Crippen LogP contribution is 2.32. The number of alkyl carbamates (subject to hydrolysis) is 1. The highest BCUT2D eigenvalue weighted by atomic mass is 16.6. The van der Waals surface area contributed by atoms with Crippen LogP contribution in [0, 0.1) is 5.92 Å². The average Bonchev–Trinajstić information content (AvgIpc) is 3.74. The van der Waals surface area contributed by atoms with E-state index in [1.807, 2.05) is 91.0 Å². The molecule has 0 radical (unpaired) electrons. The zero-order valence-electron chi connectivity index (χ0n) is 23.6. The number of carbonyl (C=O) groups is 3. The van der Waals surface area contributed by atoms with E-state index in [1.54, 1.807) is 0 Å². The van der Waals surface area contributed by atoms with Gasteiger partial charge in [0.25, 0.3) is 0 Å². The molecule has 3 aromatic carbocycles. The molecule has 4 atom stereocenters. The molecule has 41 heavy (non-hydrogen) atoms. The Morgan fingerprint density at radius 1 is 0.780 bits per heavy atom. The molecule has 0 aliphatic carbocycles. The van der Waals surface area contributed by atoms with Gasteiger partial charge in [-0.2, -0.15) is 0 Å². The second-order valence-electron chi connectivity index (χ2n) is 10.8. The van der Waals surface area contributed by atoms with Crippen LogP contribution in [-0.2, 0) is 38.5 Å². The van der Waals surface area contributed by atoms with Gasteiger partial charge in [0, 0.05) is 6.42 Å². The first-order valence-corrected chi connectivity index (χ1v) is 14.1. The molecule has 0 bridgehead atoms. The quantitative estimate of drug-likeness (QED) is 0.258. The van der Waals surface area contributed by atoms with Gasteiger partial charge in [-0.1, -0.05) is 105 Å². The van der Waals surface area contributed by atoms with Gasteiger partial charge in [-0.3, -0.25) is 9.59 Å². The number of amides is 3. The molecule has 3 amide bonds. The summed E-state index contributed by atoms with van der Waals surface area (Å²) in [4.78, 5) is 38.7. The lowest BCUT2D eigenvalue weighted by molar-refractivity contribution is -0.127. The van der Waals surface area contributed by atoms with Gasteiger partial charge < -0.3 is 25.4 Å². The average molecular weight is 558 g/mol. The van der Waals surface area contributed by atoms with E-state index in [-0.39, 0.29) is 43.7 Å². The summed E-state index contributed by atoms with van der Waals surface area (Å²) in [6, 6.07) is 27.5. The minimum absolute atomic E-state index is 0.0656. The van der Waals surface area contributed by atoms with E-state index >= 15 is 0 Å². The van der Waals surface area contributed by atoms with Crippen LogP contribution in [0.1, 0.15) is 37.0 Å². The van der Waals surface area contributed by atoms with Crippen LogP contribution in [-0.4, -0.2) is 48.7 Å². The van der Waals surface area contributed by atoms with Gasteiger partial charge in [-0.15, -0.1) is 0 Å². The van der Waals surface area contributed by atoms with Crippen LogP contribution >= 0.6 is 0 Å². The number of ether oxygens (including phenoxy) is 2. The monoisotopic (exact) mass is 557 g/mol. The Morgan fingerprint density at radius 2 is 1.34 bits per heavy atom. The van der Waals surface area contributed by atoms with E-state index < -0.39 is 18.0 Å². The number of hydrogen-bond acceptors (Lipinski definition) is 5. The van der Waals surface area contributed by atoms with Crippen LogP contribution in [0.4, 0.5) is 4.79 Å². The molecule has 0 spiro atoms. The maximum absolute atomic E-state index is 13.2. The van der Waals surface area contributed by atoms with Gasteiger partial charge in [0.15, 0.2) is 0 Å². The van der Waals surface area contributed by atoms with Gasteiger partial charge in [0.1, 0.15) is 18.8 Å². The first-order valence-electron chi connectivity index (χ1n) is 14.1. The summed E-state index contributed by atoms with van der Waals surface area (Å²) >= 11 is 0. The number of nitrogens with one attached hydrogen (secondary N) is 3. The normalized spacial score (nSPS) is 17.2. The van der Waals surface area contributed by atoms with Gasteiger partial charge in [-0.25, -0.2) is 4.79 Å². The molecular weight excluding hydrogens is 518 g/mol. The number of carbonyl (C=O) groups excluding carboxylic acids is 3. The SMILES string of the molecule is CC(C)C[C@@H]1O[C@@H]1[C@H](Cc1ccccc1)NC(=O)CNC(=O)[C@H](Cc1ccccc1)NC(=O)OCc1ccccc1. The first-order chi connectivity index (χ1) is 19.9. The van der Waals surface area contributed by atoms with Crippen molar-refractivity contribution in [1.82, 2.24) is 16.0 Å². The maximum Gasteiger partial charge on any atom is 0.408 e. The largest absolute Gasteiger partial charge is 0.445 e. The smallest absolute Gasteiger partial charge is 0.408 e. The summed E-state index contributed by atoms with van der Waals surface area (Å²) in [5.74, 6) is -0.297. The minimum Gasteiger partial charge on any atom is -0.445 e. The van der Waals surface area contributed by atoms with Crippen molar-refractivity contribution in [2.75, 3.05) is 6.54 Å². The molecule has 1 fully saturated rings. The van der Waals surface area contributed by atoms with Crippen molar-refractivity contribution in [3.8, 4) is 0 Å². The molecule has 8 heteroatoms. The molecule has 0 unspecified atom stereocenters. The zero-order chi connectivity index (χ0) is 29.0. The first kappa shape index (κ1) is 29.8. The summed E-state index contributed by atoms with van der Waals surface area (Å²) in [6.07, 6.45) is 1.14. The van der Waals surface area contributed by atoms with E-state index in [4.69, 9.17) is 9.47 Å². The van der Waals surface area contributed by atoms with Gasteiger partial charge in [-0.05, 0) is 35.4 Å². The lowest BCUT2D eigenvalue weighted by Gasteiger charge is -2.20. The molecule has 1 saturated heterocycles. The van der Waals surface area contributed by atoms with E-state index in [2.05, 4.69) is 29.8 Å². The van der Waals surface area contributed by atoms with Crippen molar-refractivity contribution in [1.29, 1.82) is 0 Å². The van der Waals surface area contributed by atoms with E-state index in [0.717, 1.165) is 23.1 Å². The lowest BCUT2D eigenvalue weighted by atomic mass is 9.98. The summed E-state index contributed by atoms with van der Waals surface area (Å²) in [5.41, 5.74) is 2.80. The molecule has 1 aliphatic rings. The van der Waals surface area contributed by atoms with Crippen LogP contribution < -0.4 is 16.0 Å². The van der Waals surface area contributed by atoms with Crippen molar-refractivity contribution < 1.29 is 23.9 Å². The van der Waals surface area contributed by atoms with Crippen LogP contribution in [0.15, 0.2) is 91.0 Å². The predicted octanol–water partition coefficient (Wildman–Crippen LogP) is 4.18. The molecule has 216 valence electrons.